The van der Waals surface area contributed by atoms with E-state index in [9.17, 15) is 0 Å². The fraction of sp³-hybridized carbons (Fsp3) is 1.00. The van der Waals surface area contributed by atoms with Crippen LogP contribution in [0.1, 0.15) is 55.4 Å². The molecule has 0 saturated carbocycles. The maximum Gasteiger partial charge on any atom is 0.0754 e. The van der Waals surface area contributed by atoms with Crippen LogP contribution in [-0.2, 0) is 4.74 Å². The second-order valence-corrected chi connectivity index (χ2v) is 5.48. The van der Waals surface area contributed by atoms with Crippen LogP contribution in [0.4, 0.5) is 0 Å². The van der Waals surface area contributed by atoms with Gasteiger partial charge in [-0.3, -0.25) is 0 Å². The third-order valence-corrected chi connectivity index (χ3v) is 3.15. The van der Waals surface area contributed by atoms with Gasteiger partial charge in [-0.25, -0.2) is 0 Å². The van der Waals surface area contributed by atoms with E-state index in [2.05, 4.69) is 55.4 Å². The highest BCUT2D eigenvalue weighted by molar-refractivity contribution is 4.90. The summed E-state index contributed by atoms with van der Waals surface area (Å²) in [6, 6.07) is 0. The lowest BCUT2D eigenvalue weighted by molar-refractivity contribution is -0.164. The Hall–Kier alpha value is -0.0400. The Morgan fingerprint density at radius 1 is 0.643 bits per heavy atom. The largest absolute Gasteiger partial charge is 0.372 e. The standard InChI is InChI=1S/C13H28O/c1-9(2)13(10(3)4,11(5)6)14-12(7)8/h9-12H,1-8H3. The van der Waals surface area contributed by atoms with E-state index in [0.717, 1.165) is 0 Å². The molecular weight excluding hydrogens is 172 g/mol. The van der Waals surface area contributed by atoms with Crippen LogP contribution in [0.15, 0.2) is 0 Å². The van der Waals surface area contributed by atoms with Gasteiger partial charge in [0.25, 0.3) is 0 Å². The molecule has 0 atom stereocenters. The third kappa shape index (κ3) is 2.73. The van der Waals surface area contributed by atoms with Crippen molar-refractivity contribution in [1.82, 2.24) is 0 Å². The van der Waals surface area contributed by atoms with Gasteiger partial charge in [-0.2, -0.15) is 0 Å². The van der Waals surface area contributed by atoms with E-state index < -0.39 is 0 Å². The van der Waals surface area contributed by atoms with Crippen molar-refractivity contribution >= 4 is 0 Å². The van der Waals surface area contributed by atoms with E-state index in [1.807, 2.05) is 0 Å². The zero-order valence-electron chi connectivity index (χ0n) is 11.2. The highest BCUT2D eigenvalue weighted by Gasteiger charge is 2.41. The lowest BCUT2D eigenvalue weighted by Gasteiger charge is -2.46. The summed E-state index contributed by atoms with van der Waals surface area (Å²) in [5.74, 6) is 1.68. The molecule has 0 bridgehead atoms. The molecule has 0 fully saturated rings. The Morgan fingerprint density at radius 3 is 1.00 bits per heavy atom. The van der Waals surface area contributed by atoms with Crippen LogP contribution in [0.5, 0.6) is 0 Å². The number of hydrogen-bond donors (Lipinski definition) is 0. The van der Waals surface area contributed by atoms with Crippen molar-refractivity contribution in [2.24, 2.45) is 17.8 Å². The summed E-state index contributed by atoms with van der Waals surface area (Å²) >= 11 is 0. The van der Waals surface area contributed by atoms with E-state index in [-0.39, 0.29) is 5.60 Å². The smallest absolute Gasteiger partial charge is 0.0754 e. The minimum Gasteiger partial charge on any atom is -0.372 e. The highest BCUT2D eigenvalue weighted by Crippen LogP contribution is 2.38. The summed E-state index contributed by atoms with van der Waals surface area (Å²) in [4.78, 5) is 0. The molecule has 0 rings (SSSR count). The Balaban J connectivity index is 4.95. The first-order chi connectivity index (χ1) is 6.25. The Bertz CT molecular complexity index is 135. The molecule has 0 radical (unpaired) electrons. The monoisotopic (exact) mass is 200 g/mol. The van der Waals surface area contributed by atoms with Crippen molar-refractivity contribution in [2.75, 3.05) is 0 Å². The minimum absolute atomic E-state index is 0.0220. The molecule has 0 aliphatic carbocycles. The van der Waals surface area contributed by atoms with Gasteiger partial charge in [-0.05, 0) is 31.6 Å². The summed E-state index contributed by atoms with van der Waals surface area (Å²) in [7, 11) is 0. The number of ether oxygens (including phenoxy) is 1. The molecule has 0 aromatic carbocycles. The molecular formula is C13H28O. The molecule has 0 aromatic heterocycles. The lowest BCUT2D eigenvalue weighted by atomic mass is 9.72. The van der Waals surface area contributed by atoms with Gasteiger partial charge in [0, 0.05) is 0 Å². The molecule has 0 unspecified atom stereocenters. The predicted octanol–water partition coefficient (Wildman–Crippen LogP) is 4.12. The third-order valence-electron chi connectivity index (χ3n) is 3.15. The van der Waals surface area contributed by atoms with E-state index in [1.165, 1.54) is 0 Å². The molecule has 0 N–H and O–H groups in total. The van der Waals surface area contributed by atoms with Crippen molar-refractivity contribution in [2.45, 2.75) is 67.1 Å². The van der Waals surface area contributed by atoms with Crippen LogP contribution in [0.3, 0.4) is 0 Å². The van der Waals surface area contributed by atoms with Crippen molar-refractivity contribution in [3.05, 3.63) is 0 Å². The van der Waals surface area contributed by atoms with Crippen LogP contribution < -0.4 is 0 Å². The van der Waals surface area contributed by atoms with Gasteiger partial charge >= 0.3 is 0 Å². The molecule has 0 amide bonds. The molecule has 0 aromatic rings. The Kier molecular flexibility index (Phi) is 5.14. The molecule has 1 heteroatoms. The fourth-order valence-corrected chi connectivity index (χ4v) is 2.82. The minimum atomic E-state index is 0.0220. The van der Waals surface area contributed by atoms with Crippen LogP contribution >= 0.6 is 0 Å². The summed E-state index contributed by atoms with van der Waals surface area (Å²) < 4.78 is 6.22. The second kappa shape index (κ2) is 5.16. The molecule has 1 nitrogen and oxygen atoms in total. The van der Waals surface area contributed by atoms with Gasteiger partial charge in [0.2, 0.25) is 0 Å². The van der Waals surface area contributed by atoms with Crippen LogP contribution in [-0.4, -0.2) is 11.7 Å². The molecule has 0 heterocycles. The molecule has 0 aliphatic heterocycles. The Morgan fingerprint density at radius 2 is 0.929 bits per heavy atom. The molecule has 14 heavy (non-hydrogen) atoms. The van der Waals surface area contributed by atoms with Crippen molar-refractivity contribution in [1.29, 1.82) is 0 Å². The molecule has 0 aliphatic rings. The zero-order valence-corrected chi connectivity index (χ0v) is 11.2. The van der Waals surface area contributed by atoms with Gasteiger partial charge in [0.1, 0.15) is 0 Å². The second-order valence-electron chi connectivity index (χ2n) is 5.48. The van der Waals surface area contributed by atoms with Crippen molar-refractivity contribution in [3.8, 4) is 0 Å². The number of hydrogen-bond acceptors (Lipinski definition) is 1. The van der Waals surface area contributed by atoms with Gasteiger partial charge in [0.15, 0.2) is 0 Å². The summed E-state index contributed by atoms with van der Waals surface area (Å²) in [5, 5.41) is 0. The van der Waals surface area contributed by atoms with E-state index in [0.29, 0.717) is 23.9 Å². The highest BCUT2D eigenvalue weighted by atomic mass is 16.5. The van der Waals surface area contributed by atoms with E-state index in [4.69, 9.17) is 4.74 Å². The maximum atomic E-state index is 6.22. The summed E-state index contributed by atoms with van der Waals surface area (Å²) in [5.41, 5.74) is 0.0220. The first kappa shape index (κ1) is 14.0. The van der Waals surface area contributed by atoms with Crippen molar-refractivity contribution < 1.29 is 4.74 Å². The molecule has 86 valence electrons. The van der Waals surface area contributed by atoms with Gasteiger partial charge in [-0.1, -0.05) is 41.5 Å². The first-order valence-corrected chi connectivity index (χ1v) is 5.92. The molecule has 0 spiro atoms. The predicted molar refractivity (Wildman–Crippen MR) is 63.5 cm³/mol. The Labute approximate surface area is 90.2 Å². The normalized spacial score (nSPS) is 13.7. The van der Waals surface area contributed by atoms with Crippen LogP contribution in [0.2, 0.25) is 0 Å². The van der Waals surface area contributed by atoms with E-state index >= 15 is 0 Å². The lowest BCUT2D eigenvalue weighted by Crippen LogP contribution is -2.49. The van der Waals surface area contributed by atoms with Gasteiger partial charge in [-0.15, -0.1) is 0 Å². The number of rotatable bonds is 5. The quantitative estimate of drug-likeness (QED) is 0.648. The first-order valence-electron chi connectivity index (χ1n) is 5.92. The zero-order chi connectivity index (χ0) is 11.5. The van der Waals surface area contributed by atoms with Crippen LogP contribution in [0.25, 0.3) is 0 Å². The fourth-order valence-electron chi connectivity index (χ4n) is 2.82. The van der Waals surface area contributed by atoms with Gasteiger partial charge in [0.05, 0.1) is 11.7 Å². The average Bonchev–Trinajstić information content (AvgIpc) is 1.97. The van der Waals surface area contributed by atoms with Crippen LogP contribution in [0, 0.1) is 17.8 Å². The topological polar surface area (TPSA) is 9.23 Å². The van der Waals surface area contributed by atoms with E-state index in [1.54, 1.807) is 0 Å². The SMILES string of the molecule is CC(C)OC(C(C)C)(C(C)C)C(C)C. The molecule has 0 saturated heterocycles. The van der Waals surface area contributed by atoms with Crippen molar-refractivity contribution in [3.63, 3.8) is 0 Å². The summed E-state index contributed by atoms with van der Waals surface area (Å²) in [6.07, 6.45) is 0.308. The maximum absolute atomic E-state index is 6.22. The average molecular weight is 200 g/mol. The van der Waals surface area contributed by atoms with Gasteiger partial charge < -0.3 is 4.74 Å². The summed E-state index contributed by atoms with van der Waals surface area (Å²) in [6.45, 7) is 17.9.